The molecule has 1 aliphatic rings. The lowest BCUT2D eigenvalue weighted by Gasteiger charge is -2.16. The molecule has 1 amide bonds. The molecule has 0 N–H and O–H groups in total. The van der Waals surface area contributed by atoms with E-state index in [9.17, 15) is 4.79 Å². The zero-order valence-corrected chi connectivity index (χ0v) is 16.4. The Kier molecular flexibility index (Phi) is 4.28. The Balaban J connectivity index is 1.39. The highest BCUT2D eigenvalue weighted by molar-refractivity contribution is 6.30. The molecule has 0 bridgehead atoms. The predicted octanol–water partition coefficient (Wildman–Crippen LogP) is 3.68. The Labute approximate surface area is 171 Å². The number of rotatable bonds is 4. The normalized spacial score (nSPS) is 16.8. The third-order valence-corrected chi connectivity index (χ3v) is 5.34. The van der Waals surface area contributed by atoms with Crippen LogP contribution in [0.3, 0.4) is 0 Å². The average molecular weight is 409 g/mol. The van der Waals surface area contributed by atoms with Crippen LogP contribution in [0.2, 0.25) is 5.02 Å². The van der Waals surface area contributed by atoms with E-state index in [0.717, 1.165) is 28.8 Å². The van der Waals surface area contributed by atoms with E-state index in [1.165, 1.54) is 0 Å². The van der Waals surface area contributed by atoms with E-state index in [4.69, 9.17) is 16.1 Å². The number of halogens is 1. The van der Waals surface area contributed by atoms with Gasteiger partial charge in [0.15, 0.2) is 0 Å². The van der Waals surface area contributed by atoms with Gasteiger partial charge < -0.3 is 9.42 Å². The molecule has 0 radical (unpaired) electrons. The SMILES string of the molecule is CCn1nnc2cc(-c3noc([C@@H]4CC(=O)N(c5cccc(Cl)c5)C4)n3)ccc21. The summed E-state index contributed by atoms with van der Waals surface area (Å²) in [6.07, 6.45) is 0.317. The van der Waals surface area contributed by atoms with Gasteiger partial charge in [0.25, 0.3) is 0 Å². The Morgan fingerprint density at radius 2 is 2.14 bits per heavy atom. The summed E-state index contributed by atoms with van der Waals surface area (Å²) in [5.74, 6) is 0.777. The molecule has 9 heteroatoms. The molecule has 8 nitrogen and oxygen atoms in total. The van der Waals surface area contributed by atoms with Crippen LogP contribution in [0.15, 0.2) is 47.0 Å². The number of anilines is 1. The van der Waals surface area contributed by atoms with Gasteiger partial charge in [0.05, 0.1) is 11.4 Å². The van der Waals surface area contributed by atoms with Crippen LogP contribution in [0, 0.1) is 0 Å². The van der Waals surface area contributed by atoms with Crippen LogP contribution >= 0.6 is 11.6 Å². The average Bonchev–Trinajstić information content (AvgIpc) is 3.45. The van der Waals surface area contributed by atoms with Crippen molar-refractivity contribution in [1.82, 2.24) is 25.1 Å². The molecular weight excluding hydrogens is 392 g/mol. The number of aromatic nitrogens is 5. The summed E-state index contributed by atoms with van der Waals surface area (Å²) < 4.78 is 7.32. The second kappa shape index (κ2) is 6.97. The first-order chi connectivity index (χ1) is 14.1. The number of fused-ring (bicyclic) bond motifs is 1. The van der Waals surface area contributed by atoms with Crippen molar-refractivity contribution >= 4 is 34.2 Å². The van der Waals surface area contributed by atoms with Crippen LogP contribution in [0.4, 0.5) is 5.69 Å². The van der Waals surface area contributed by atoms with Gasteiger partial charge in [0, 0.05) is 35.8 Å². The molecule has 0 spiro atoms. The Morgan fingerprint density at radius 3 is 2.97 bits per heavy atom. The zero-order valence-electron chi connectivity index (χ0n) is 15.6. The lowest BCUT2D eigenvalue weighted by Crippen LogP contribution is -2.24. The van der Waals surface area contributed by atoms with E-state index < -0.39 is 0 Å². The first-order valence-electron chi connectivity index (χ1n) is 9.35. The number of nitrogens with zero attached hydrogens (tertiary/aromatic N) is 6. The highest BCUT2D eigenvalue weighted by Gasteiger charge is 2.35. The number of carbonyl (C=O) groups is 1. The van der Waals surface area contributed by atoms with Gasteiger partial charge in [-0.3, -0.25) is 4.79 Å². The van der Waals surface area contributed by atoms with Crippen LogP contribution in [0.5, 0.6) is 0 Å². The molecule has 0 aliphatic carbocycles. The van der Waals surface area contributed by atoms with Crippen molar-refractivity contribution in [3.8, 4) is 11.4 Å². The van der Waals surface area contributed by atoms with E-state index in [-0.39, 0.29) is 11.8 Å². The second-order valence-corrected chi connectivity index (χ2v) is 7.39. The van der Waals surface area contributed by atoms with Gasteiger partial charge in [-0.05, 0) is 43.3 Å². The summed E-state index contributed by atoms with van der Waals surface area (Å²) in [5, 5.41) is 13.0. The number of hydrogen-bond acceptors (Lipinski definition) is 6. The van der Waals surface area contributed by atoms with Crippen LogP contribution in [-0.4, -0.2) is 37.6 Å². The standard InChI is InChI=1S/C20H17ClN6O2/c1-2-27-17-7-6-12(8-16(17)23-25-27)19-22-20(29-24-19)13-9-18(28)26(11-13)15-5-3-4-14(21)10-15/h3-8,10,13H,2,9,11H2,1H3/t13-/m1/s1. The van der Waals surface area contributed by atoms with Crippen LogP contribution in [0.25, 0.3) is 22.4 Å². The first kappa shape index (κ1) is 17.8. The first-order valence-corrected chi connectivity index (χ1v) is 9.73. The van der Waals surface area contributed by atoms with Gasteiger partial charge >= 0.3 is 0 Å². The van der Waals surface area contributed by atoms with Crippen molar-refractivity contribution in [2.45, 2.75) is 25.8 Å². The Hall–Kier alpha value is -3.26. The fraction of sp³-hybridized carbons (Fsp3) is 0.250. The maximum Gasteiger partial charge on any atom is 0.232 e. The zero-order chi connectivity index (χ0) is 20.0. The van der Waals surface area contributed by atoms with Crippen molar-refractivity contribution in [2.75, 3.05) is 11.4 Å². The molecule has 1 atom stereocenters. The quantitative estimate of drug-likeness (QED) is 0.511. The second-order valence-electron chi connectivity index (χ2n) is 6.95. The minimum atomic E-state index is -0.160. The number of amides is 1. The molecule has 29 heavy (non-hydrogen) atoms. The third-order valence-electron chi connectivity index (χ3n) is 5.11. The largest absolute Gasteiger partial charge is 0.339 e. The third kappa shape index (κ3) is 3.15. The van der Waals surface area contributed by atoms with E-state index >= 15 is 0 Å². The molecule has 2 aromatic carbocycles. The van der Waals surface area contributed by atoms with Gasteiger partial charge in [-0.15, -0.1) is 5.10 Å². The van der Waals surface area contributed by atoms with E-state index in [0.29, 0.717) is 29.7 Å². The summed E-state index contributed by atoms with van der Waals surface area (Å²) in [5.41, 5.74) is 3.30. The predicted molar refractivity (Wildman–Crippen MR) is 108 cm³/mol. The minimum Gasteiger partial charge on any atom is -0.339 e. The molecule has 4 aromatic rings. The van der Waals surface area contributed by atoms with Crippen molar-refractivity contribution < 1.29 is 9.32 Å². The van der Waals surface area contributed by atoms with Crippen molar-refractivity contribution in [2.24, 2.45) is 0 Å². The van der Waals surface area contributed by atoms with E-state index in [1.54, 1.807) is 17.0 Å². The number of benzene rings is 2. The van der Waals surface area contributed by atoms with Crippen molar-refractivity contribution in [3.05, 3.63) is 53.4 Å². The van der Waals surface area contributed by atoms with Gasteiger partial charge in [-0.1, -0.05) is 28.0 Å². The number of aryl methyl sites for hydroxylation is 1. The summed E-state index contributed by atoms with van der Waals surface area (Å²) in [7, 11) is 0. The molecule has 1 fully saturated rings. The minimum absolute atomic E-state index is 0.00890. The summed E-state index contributed by atoms with van der Waals surface area (Å²) in [6, 6.07) is 13.0. The van der Waals surface area contributed by atoms with Gasteiger partial charge in [0.1, 0.15) is 5.52 Å². The fourth-order valence-electron chi connectivity index (χ4n) is 3.63. The van der Waals surface area contributed by atoms with Gasteiger partial charge in [-0.2, -0.15) is 4.98 Å². The van der Waals surface area contributed by atoms with Gasteiger partial charge in [0.2, 0.25) is 17.6 Å². The maximum absolute atomic E-state index is 12.5. The number of carbonyl (C=O) groups excluding carboxylic acids is 1. The lowest BCUT2D eigenvalue weighted by atomic mass is 10.1. The van der Waals surface area contributed by atoms with Crippen LogP contribution in [-0.2, 0) is 11.3 Å². The molecule has 3 heterocycles. The molecule has 146 valence electrons. The summed E-state index contributed by atoms with van der Waals surface area (Å²) >= 11 is 6.06. The van der Waals surface area contributed by atoms with Crippen LogP contribution in [0.1, 0.15) is 25.2 Å². The highest BCUT2D eigenvalue weighted by Crippen LogP contribution is 2.33. The highest BCUT2D eigenvalue weighted by atomic mass is 35.5. The molecule has 1 saturated heterocycles. The maximum atomic E-state index is 12.5. The molecule has 2 aromatic heterocycles. The van der Waals surface area contributed by atoms with Gasteiger partial charge in [-0.25, -0.2) is 4.68 Å². The van der Waals surface area contributed by atoms with Crippen molar-refractivity contribution in [3.63, 3.8) is 0 Å². The molecular formula is C20H17ClN6O2. The van der Waals surface area contributed by atoms with Crippen molar-refractivity contribution in [1.29, 1.82) is 0 Å². The van der Waals surface area contributed by atoms with E-state index in [2.05, 4.69) is 20.5 Å². The fourth-order valence-corrected chi connectivity index (χ4v) is 3.81. The van der Waals surface area contributed by atoms with E-state index in [1.807, 2.05) is 41.9 Å². The summed E-state index contributed by atoms with van der Waals surface area (Å²) in [6.45, 7) is 3.24. The monoisotopic (exact) mass is 408 g/mol. The Morgan fingerprint density at radius 1 is 1.24 bits per heavy atom. The molecule has 5 rings (SSSR count). The number of hydrogen-bond donors (Lipinski definition) is 0. The molecule has 0 saturated carbocycles. The van der Waals surface area contributed by atoms with Crippen LogP contribution < -0.4 is 4.90 Å². The Bertz CT molecular complexity index is 1220. The smallest absolute Gasteiger partial charge is 0.232 e. The molecule has 1 aliphatic heterocycles. The molecule has 0 unspecified atom stereocenters. The summed E-state index contributed by atoms with van der Waals surface area (Å²) in [4.78, 5) is 18.7. The lowest BCUT2D eigenvalue weighted by molar-refractivity contribution is -0.117. The topological polar surface area (TPSA) is 89.9 Å².